The lowest BCUT2D eigenvalue weighted by molar-refractivity contribution is 0.0766. The molecule has 3 heteroatoms. The van der Waals surface area contributed by atoms with E-state index in [0.29, 0.717) is 6.04 Å². The second-order valence-corrected chi connectivity index (χ2v) is 6.91. The van der Waals surface area contributed by atoms with Gasteiger partial charge in [0, 0.05) is 11.6 Å². The molecule has 0 bridgehead atoms. The van der Waals surface area contributed by atoms with Gasteiger partial charge < -0.3 is 0 Å². The van der Waals surface area contributed by atoms with Gasteiger partial charge in [0.25, 0.3) is 0 Å². The fourth-order valence-electron chi connectivity index (χ4n) is 4.40. The Morgan fingerprint density at radius 1 is 1.10 bits per heavy atom. The summed E-state index contributed by atoms with van der Waals surface area (Å²) >= 11 is 0. The Kier molecular flexibility index (Phi) is 4.63. The van der Waals surface area contributed by atoms with Gasteiger partial charge in [0.05, 0.1) is 0 Å². The molecule has 1 saturated carbocycles. The minimum absolute atomic E-state index is 0.288. The van der Waals surface area contributed by atoms with E-state index in [1.54, 1.807) is 0 Å². The molecule has 1 aromatic rings. The van der Waals surface area contributed by atoms with Gasteiger partial charge in [-0.3, -0.25) is 16.2 Å². The number of benzene rings is 1. The molecule has 3 nitrogen and oxygen atoms in total. The summed E-state index contributed by atoms with van der Waals surface area (Å²) in [6.07, 6.45) is 9.03. The molecular formula is C18H29N3. The second kappa shape index (κ2) is 6.47. The van der Waals surface area contributed by atoms with Gasteiger partial charge in [-0.2, -0.15) is 0 Å². The van der Waals surface area contributed by atoms with Gasteiger partial charge >= 0.3 is 0 Å². The van der Waals surface area contributed by atoms with E-state index in [-0.39, 0.29) is 5.54 Å². The van der Waals surface area contributed by atoms with Crippen molar-refractivity contribution in [2.75, 3.05) is 13.1 Å². The lowest BCUT2D eigenvalue weighted by Crippen LogP contribution is -2.61. The molecule has 1 heterocycles. The van der Waals surface area contributed by atoms with Gasteiger partial charge in [0.15, 0.2) is 0 Å². The van der Waals surface area contributed by atoms with E-state index in [1.165, 1.54) is 62.7 Å². The molecule has 3 rings (SSSR count). The predicted octanol–water partition coefficient (Wildman–Crippen LogP) is 2.78. The highest BCUT2D eigenvalue weighted by Crippen LogP contribution is 2.40. The van der Waals surface area contributed by atoms with Crippen molar-refractivity contribution in [3.63, 3.8) is 0 Å². The van der Waals surface area contributed by atoms with Gasteiger partial charge in [-0.25, -0.2) is 0 Å². The maximum Gasteiger partial charge on any atom is 0.0435 e. The molecular weight excluding hydrogens is 258 g/mol. The van der Waals surface area contributed by atoms with Gasteiger partial charge in [0.1, 0.15) is 0 Å². The third-order valence-electron chi connectivity index (χ3n) is 5.62. The highest BCUT2D eigenvalue weighted by Gasteiger charge is 2.46. The van der Waals surface area contributed by atoms with Crippen molar-refractivity contribution in [2.45, 2.75) is 63.5 Å². The molecule has 0 radical (unpaired) electrons. The largest absolute Gasteiger partial charge is 0.296 e. The Hall–Kier alpha value is -0.900. The van der Waals surface area contributed by atoms with Crippen molar-refractivity contribution < 1.29 is 0 Å². The van der Waals surface area contributed by atoms with Crippen molar-refractivity contribution in [1.29, 1.82) is 0 Å². The van der Waals surface area contributed by atoms with Crippen LogP contribution in [0.5, 0.6) is 0 Å². The summed E-state index contributed by atoms with van der Waals surface area (Å²) in [5, 5.41) is 0. The highest BCUT2D eigenvalue weighted by molar-refractivity contribution is 5.23. The zero-order valence-electron chi connectivity index (χ0n) is 13.3. The van der Waals surface area contributed by atoms with E-state index in [2.05, 4.69) is 41.5 Å². The van der Waals surface area contributed by atoms with E-state index in [1.807, 2.05) is 0 Å². The smallest absolute Gasteiger partial charge is 0.0435 e. The van der Waals surface area contributed by atoms with Crippen LogP contribution in [-0.4, -0.2) is 29.6 Å². The number of aryl methyl sites for hydroxylation is 1. The van der Waals surface area contributed by atoms with Crippen molar-refractivity contribution >= 4 is 0 Å². The molecule has 1 aliphatic carbocycles. The van der Waals surface area contributed by atoms with Gasteiger partial charge in [-0.05, 0) is 57.7 Å². The van der Waals surface area contributed by atoms with Crippen LogP contribution in [0.4, 0.5) is 0 Å². The Bertz CT molecular complexity index is 442. The van der Waals surface area contributed by atoms with Gasteiger partial charge in [-0.15, -0.1) is 0 Å². The first kappa shape index (κ1) is 15.0. The number of hydrogen-bond acceptors (Lipinski definition) is 3. The maximum absolute atomic E-state index is 6.01. The predicted molar refractivity (Wildman–Crippen MR) is 88.0 cm³/mol. The molecule has 2 aliphatic rings. The Morgan fingerprint density at radius 3 is 2.29 bits per heavy atom. The third kappa shape index (κ3) is 3.01. The Balaban J connectivity index is 1.80. The van der Waals surface area contributed by atoms with Crippen LogP contribution < -0.4 is 11.3 Å². The number of rotatable bonds is 5. The zero-order valence-corrected chi connectivity index (χ0v) is 13.3. The molecule has 1 aliphatic heterocycles. The lowest BCUT2D eigenvalue weighted by Gasteiger charge is -2.45. The van der Waals surface area contributed by atoms with E-state index in [4.69, 9.17) is 5.84 Å². The molecule has 0 aromatic heterocycles. The third-order valence-corrected chi connectivity index (χ3v) is 5.62. The van der Waals surface area contributed by atoms with Crippen molar-refractivity contribution in [2.24, 2.45) is 5.84 Å². The Labute approximate surface area is 128 Å². The monoisotopic (exact) mass is 287 g/mol. The van der Waals surface area contributed by atoms with Crippen LogP contribution in [0.3, 0.4) is 0 Å². The molecule has 0 amide bonds. The first-order valence-corrected chi connectivity index (χ1v) is 8.51. The van der Waals surface area contributed by atoms with Gasteiger partial charge in [0.2, 0.25) is 0 Å². The lowest BCUT2D eigenvalue weighted by atomic mass is 9.83. The number of nitrogens with one attached hydrogen (secondary N) is 1. The average Bonchev–Trinajstić information content (AvgIpc) is 3.18. The summed E-state index contributed by atoms with van der Waals surface area (Å²) in [6, 6.07) is 9.29. The van der Waals surface area contributed by atoms with Crippen LogP contribution >= 0.6 is 0 Å². The first-order chi connectivity index (χ1) is 10.2. The molecule has 21 heavy (non-hydrogen) atoms. The van der Waals surface area contributed by atoms with Crippen LogP contribution in [0.1, 0.15) is 49.7 Å². The molecule has 1 saturated heterocycles. The first-order valence-electron chi connectivity index (χ1n) is 8.51. The Morgan fingerprint density at radius 2 is 1.71 bits per heavy atom. The molecule has 1 atom stereocenters. The number of hydrazine groups is 1. The molecule has 3 N–H and O–H groups in total. The minimum Gasteiger partial charge on any atom is -0.296 e. The number of nitrogens with two attached hydrogens (primary N) is 1. The normalized spacial score (nSPS) is 23.5. The maximum atomic E-state index is 6.01. The van der Waals surface area contributed by atoms with E-state index < -0.39 is 0 Å². The number of nitrogens with zero attached hydrogens (tertiary/aromatic N) is 1. The van der Waals surface area contributed by atoms with E-state index in [0.717, 1.165) is 6.42 Å². The summed E-state index contributed by atoms with van der Waals surface area (Å²) in [5.74, 6) is 6.01. The summed E-state index contributed by atoms with van der Waals surface area (Å²) in [5.41, 5.74) is 6.19. The number of hydrogen-bond donors (Lipinski definition) is 2. The van der Waals surface area contributed by atoms with Gasteiger partial charge in [-0.1, -0.05) is 42.7 Å². The SMILES string of the molecule is Cc1ccc(CC(NN)C2(N3CCCC3)CCCC2)cc1. The average molecular weight is 287 g/mol. The van der Waals surface area contributed by atoms with Crippen LogP contribution in [0, 0.1) is 6.92 Å². The fraction of sp³-hybridized carbons (Fsp3) is 0.667. The van der Waals surface area contributed by atoms with Crippen LogP contribution in [0.2, 0.25) is 0 Å². The summed E-state index contributed by atoms with van der Waals surface area (Å²) in [4.78, 5) is 2.73. The van der Waals surface area contributed by atoms with Crippen LogP contribution in [0.15, 0.2) is 24.3 Å². The molecule has 1 unspecified atom stereocenters. The standard InChI is InChI=1S/C18H29N3/c1-15-6-8-16(9-7-15)14-17(20-19)18(10-2-3-11-18)21-12-4-5-13-21/h6-9,17,20H,2-5,10-14,19H2,1H3. The summed E-state index contributed by atoms with van der Waals surface area (Å²) in [7, 11) is 0. The second-order valence-electron chi connectivity index (χ2n) is 6.91. The molecule has 2 fully saturated rings. The van der Waals surface area contributed by atoms with Crippen molar-refractivity contribution in [3.05, 3.63) is 35.4 Å². The summed E-state index contributed by atoms with van der Waals surface area (Å²) < 4.78 is 0. The van der Waals surface area contributed by atoms with Crippen LogP contribution in [0.25, 0.3) is 0 Å². The van der Waals surface area contributed by atoms with Crippen molar-refractivity contribution in [1.82, 2.24) is 10.3 Å². The molecule has 0 spiro atoms. The highest BCUT2D eigenvalue weighted by atomic mass is 15.3. The van der Waals surface area contributed by atoms with Crippen molar-refractivity contribution in [3.8, 4) is 0 Å². The fourth-order valence-corrected chi connectivity index (χ4v) is 4.40. The summed E-state index contributed by atoms with van der Waals surface area (Å²) in [6.45, 7) is 4.66. The molecule has 116 valence electrons. The zero-order chi connectivity index (χ0) is 14.7. The quantitative estimate of drug-likeness (QED) is 0.646. The topological polar surface area (TPSA) is 41.3 Å². The van der Waals surface area contributed by atoms with Crippen LogP contribution in [-0.2, 0) is 6.42 Å². The number of likely N-dealkylation sites (tertiary alicyclic amines) is 1. The van der Waals surface area contributed by atoms with E-state index in [9.17, 15) is 0 Å². The minimum atomic E-state index is 0.288. The van der Waals surface area contributed by atoms with E-state index >= 15 is 0 Å². The molecule has 1 aromatic carbocycles.